The SMILES string of the molecule is CCCn1nncc1C(N)CSc1cccc(C)c1. The van der Waals surface area contributed by atoms with Crippen LogP contribution in [0.1, 0.15) is 30.6 Å². The predicted octanol–water partition coefficient (Wildman–Crippen LogP) is 2.79. The van der Waals surface area contributed by atoms with E-state index in [2.05, 4.69) is 48.4 Å². The van der Waals surface area contributed by atoms with E-state index in [0.29, 0.717) is 0 Å². The molecule has 0 spiro atoms. The number of hydrogen-bond acceptors (Lipinski definition) is 4. The molecule has 1 aromatic carbocycles. The molecule has 5 heteroatoms. The second-order valence-electron chi connectivity index (χ2n) is 4.62. The summed E-state index contributed by atoms with van der Waals surface area (Å²) in [7, 11) is 0. The quantitative estimate of drug-likeness (QED) is 0.824. The molecule has 0 radical (unpaired) electrons. The summed E-state index contributed by atoms with van der Waals surface area (Å²) in [5, 5.41) is 8.03. The fourth-order valence-corrected chi connectivity index (χ4v) is 2.90. The second-order valence-corrected chi connectivity index (χ2v) is 5.71. The van der Waals surface area contributed by atoms with Gasteiger partial charge in [0.05, 0.1) is 17.9 Å². The van der Waals surface area contributed by atoms with Crippen molar-refractivity contribution in [3.63, 3.8) is 0 Å². The van der Waals surface area contributed by atoms with Crippen LogP contribution in [0.5, 0.6) is 0 Å². The lowest BCUT2D eigenvalue weighted by Crippen LogP contribution is -2.18. The minimum atomic E-state index is -0.0351. The number of rotatable bonds is 6. The Morgan fingerprint density at radius 2 is 2.26 bits per heavy atom. The van der Waals surface area contributed by atoms with Gasteiger partial charge in [-0.05, 0) is 25.5 Å². The first-order valence-corrected chi connectivity index (χ1v) is 7.52. The highest BCUT2D eigenvalue weighted by molar-refractivity contribution is 7.99. The molecule has 0 aliphatic heterocycles. The Morgan fingerprint density at radius 1 is 1.42 bits per heavy atom. The number of thioether (sulfide) groups is 1. The first kappa shape index (κ1) is 14.1. The van der Waals surface area contributed by atoms with Crippen molar-refractivity contribution in [3.05, 3.63) is 41.7 Å². The number of benzene rings is 1. The van der Waals surface area contributed by atoms with Crippen LogP contribution in [0.3, 0.4) is 0 Å². The van der Waals surface area contributed by atoms with E-state index < -0.39 is 0 Å². The lowest BCUT2D eigenvalue weighted by atomic mass is 10.2. The zero-order chi connectivity index (χ0) is 13.7. The Bertz CT molecular complexity index is 524. The molecule has 0 amide bonds. The molecule has 2 aromatic rings. The molecule has 2 N–H and O–H groups in total. The van der Waals surface area contributed by atoms with Gasteiger partial charge >= 0.3 is 0 Å². The maximum atomic E-state index is 6.23. The summed E-state index contributed by atoms with van der Waals surface area (Å²) in [6.07, 6.45) is 2.81. The van der Waals surface area contributed by atoms with Gasteiger partial charge in [0.25, 0.3) is 0 Å². The number of hydrogen-bond donors (Lipinski definition) is 1. The van der Waals surface area contributed by atoms with E-state index in [1.165, 1.54) is 10.5 Å². The predicted molar refractivity (Wildman–Crippen MR) is 79.1 cm³/mol. The molecule has 1 atom stereocenters. The van der Waals surface area contributed by atoms with Gasteiger partial charge in [-0.3, -0.25) is 0 Å². The molecule has 19 heavy (non-hydrogen) atoms. The van der Waals surface area contributed by atoms with Crippen molar-refractivity contribution in [1.29, 1.82) is 0 Å². The lowest BCUT2D eigenvalue weighted by Gasteiger charge is -2.12. The van der Waals surface area contributed by atoms with E-state index in [0.717, 1.165) is 24.4 Å². The van der Waals surface area contributed by atoms with Crippen LogP contribution in [0.4, 0.5) is 0 Å². The average Bonchev–Trinajstić information content (AvgIpc) is 2.85. The minimum absolute atomic E-state index is 0.0351. The summed E-state index contributed by atoms with van der Waals surface area (Å²) in [6, 6.07) is 8.44. The van der Waals surface area contributed by atoms with Gasteiger partial charge in [0.1, 0.15) is 0 Å². The van der Waals surface area contributed by atoms with Crippen LogP contribution in [0.2, 0.25) is 0 Å². The summed E-state index contributed by atoms with van der Waals surface area (Å²) in [5.41, 5.74) is 8.52. The van der Waals surface area contributed by atoms with Crippen LogP contribution < -0.4 is 5.73 Å². The maximum absolute atomic E-state index is 6.23. The zero-order valence-electron chi connectivity index (χ0n) is 11.4. The van der Waals surface area contributed by atoms with E-state index in [4.69, 9.17) is 5.73 Å². The van der Waals surface area contributed by atoms with Crippen molar-refractivity contribution in [3.8, 4) is 0 Å². The first-order chi connectivity index (χ1) is 9.20. The van der Waals surface area contributed by atoms with Gasteiger partial charge in [-0.1, -0.05) is 29.8 Å². The van der Waals surface area contributed by atoms with Gasteiger partial charge in [-0.25, -0.2) is 4.68 Å². The molecule has 1 unspecified atom stereocenters. The summed E-state index contributed by atoms with van der Waals surface area (Å²) in [6.45, 7) is 5.10. The van der Waals surface area contributed by atoms with Gasteiger partial charge in [-0.2, -0.15) is 0 Å². The van der Waals surface area contributed by atoms with Crippen LogP contribution in [0, 0.1) is 6.92 Å². The molecule has 0 aliphatic rings. The third-order valence-electron chi connectivity index (χ3n) is 2.88. The monoisotopic (exact) mass is 276 g/mol. The molecule has 0 fully saturated rings. The Balaban J connectivity index is 1.97. The molecule has 1 aromatic heterocycles. The third-order valence-corrected chi connectivity index (χ3v) is 4.00. The highest BCUT2D eigenvalue weighted by atomic mass is 32.2. The molecule has 1 heterocycles. The number of nitrogens with two attached hydrogens (primary N) is 1. The van der Waals surface area contributed by atoms with Crippen molar-refractivity contribution in [2.24, 2.45) is 5.73 Å². The molecule has 0 bridgehead atoms. The van der Waals surface area contributed by atoms with Crippen LogP contribution >= 0.6 is 11.8 Å². The normalized spacial score (nSPS) is 12.6. The van der Waals surface area contributed by atoms with E-state index in [-0.39, 0.29) is 6.04 Å². The van der Waals surface area contributed by atoms with Gasteiger partial charge < -0.3 is 5.73 Å². The average molecular weight is 276 g/mol. The number of aromatic nitrogens is 3. The Labute approximate surface area is 118 Å². The highest BCUT2D eigenvalue weighted by Crippen LogP contribution is 2.23. The molecule has 0 saturated carbocycles. The molecule has 0 saturated heterocycles. The highest BCUT2D eigenvalue weighted by Gasteiger charge is 2.12. The van der Waals surface area contributed by atoms with Crippen LogP contribution in [0.15, 0.2) is 35.4 Å². The Kier molecular flexibility index (Phi) is 4.99. The molecule has 4 nitrogen and oxygen atoms in total. The summed E-state index contributed by atoms with van der Waals surface area (Å²) < 4.78 is 1.90. The van der Waals surface area contributed by atoms with E-state index >= 15 is 0 Å². The zero-order valence-corrected chi connectivity index (χ0v) is 12.2. The molecule has 0 aliphatic carbocycles. The van der Waals surface area contributed by atoms with Gasteiger partial charge in [0.15, 0.2) is 0 Å². The Hall–Kier alpha value is -1.33. The van der Waals surface area contributed by atoms with Crippen molar-refractivity contribution in [2.45, 2.75) is 37.8 Å². The lowest BCUT2D eigenvalue weighted by molar-refractivity contribution is 0.539. The maximum Gasteiger partial charge on any atom is 0.0762 e. The standard InChI is InChI=1S/C14H20N4S/c1-3-7-18-14(9-16-17-18)13(15)10-19-12-6-4-5-11(2)8-12/h4-6,8-9,13H,3,7,10,15H2,1-2H3. The van der Waals surface area contributed by atoms with Crippen LogP contribution in [-0.2, 0) is 6.54 Å². The summed E-state index contributed by atoms with van der Waals surface area (Å²) in [4.78, 5) is 1.25. The van der Waals surface area contributed by atoms with Crippen LogP contribution in [0.25, 0.3) is 0 Å². The molecule has 102 valence electrons. The first-order valence-electron chi connectivity index (χ1n) is 6.54. The van der Waals surface area contributed by atoms with Crippen molar-refractivity contribution < 1.29 is 0 Å². The van der Waals surface area contributed by atoms with Gasteiger partial charge in [0.2, 0.25) is 0 Å². The van der Waals surface area contributed by atoms with E-state index in [9.17, 15) is 0 Å². The topological polar surface area (TPSA) is 56.7 Å². The molecular formula is C14H20N4S. The smallest absolute Gasteiger partial charge is 0.0762 e. The van der Waals surface area contributed by atoms with E-state index in [1.54, 1.807) is 18.0 Å². The molecule has 2 rings (SSSR count). The van der Waals surface area contributed by atoms with Crippen molar-refractivity contribution >= 4 is 11.8 Å². The summed E-state index contributed by atoms with van der Waals surface area (Å²) in [5.74, 6) is 0.834. The fourth-order valence-electron chi connectivity index (χ4n) is 1.91. The second kappa shape index (κ2) is 6.73. The van der Waals surface area contributed by atoms with Crippen LogP contribution in [-0.4, -0.2) is 20.7 Å². The Morgan fingerprint density at radius 3 is 3.00 bits per heavy atom. The fraction of sp³-hybridized carbons (Fsp3) is 0.429. The largest absolute Gasteiger partial charge is 0.322 e. The van der Waals surface area contributed by atoms with Gasteiger partial charge in [-0.15, -0.1) is 16.9 Å². The van der Waals surface area contributed by atoms with Crippen molar-refractivity contribution in [1.82, 2.24) is 15.0 Å². The van der Waals surface area contributed by atoms with Gasteiger partial charge in [0, 0.05) is 17.2 Å². The number of nitrogens with zero attached hydrogens (tertiary/aromatic N) is 3. The van der Waals surface area contributed by atoms with Crippen molar-refractivity contribution in [2.75, 3.05) is 5.75 Å². The summed E-state index contributed by atoms with van der Waals surface area (Å²) >= 11 is 1.77. The molecular weight excluding hydrogens is 256 g/mol. The third kappa shape index (κ3) is 3.81. The van der Waals surface area contributed by atoms with E-state index in [1.807, 2.05) is 4.68 Å². The number of aryl methyl sites for hydroxylation is 2. The minimum Gasteiger partial charge on any atom is -0.322 e.